The Balaban J connectivity index is 1.34. The van der Waals surface area contributed by atoms with Gasteiger partial charge in [-0.3, -0.25) is 14.6 Å². The number of fused-ring (bicyclic) bond motifs is 1. The number of aromatic amines is 1. The van der Waals surface area contributed by atoms with E-state index in [4.69, 9.17) is 4.74 Å². The van der Waals surface area contributed by atoms with Crippen LogP contribution in [0.4, 0.5) is 0 Å². The Morgan fingerprint density at radius 2 is 1.79 bits per heavy atom. The summed E-state index contributed by atoms with van der Waals surface area (Å²) >= 11 is 0. The van der Waals surface area contributed by atoms with Crippen LogP contribution in [0.25, 0.3) is 10.9 Å². The minimum atomic E-state index is -0.318. The molecular weight excluding hydrogens is 478 g/mol. The first-order valence-corrected chi connectivity index (χ1v) is 13.7. The molecule has 1 atom stereocenters. The highest BCUT2D eigenvalue weighted by Gasteiger charge is 2.34. The number of hydrogen-bond acceptors (Lipinski definition) is 7. The van der Waals surface area contributed by atoms with Crippen LogP contribution in [0.1, 0.15) is 61.1 Å². The van der Waals surface area contributed by atoms with Crippen molar-refractivity contribution in [2.24, 2.45) is 0 Å². The quantitative estimate of drug-likeness (QED) is 0.400. The van der Waals surface area contributed by atoms with Crippen LogP contribution in [0.15, 0.2) is 59.4 Å². The number of methoxy groups -OCH3 is 1. The van der Waals surface area contributed by atoms with Crippen LogP contribution in [0.2, 0.25) is 0 Å². The molecule has 0 unspecified atom stereocenters. The van der Waals surface area contributed by atoms with E-state index < -0.39 is 0 Å². The lowest BCUT2D eigenvalue weighted by Crippen LogP contribution is -2.48. The van der Waals surface area contributed by atoms with Crippen molar-refractivity contribution in [1.82, 2.24) is 35.0 Å². The summed E-state index contributed by atoms with van der Waals surface area (Å²) in [5.41, 5.74) is 2.66. The zero-order valence-corrected chi connectivity index (χ0v) is 21.9. The lowest BCUT2D eigenvalue weighted by Gasteiger charge is -2.39. The third kappa shape index (κ3) is 5.08. The Kier molecular flexibility index (Phi) is 7.20. The molecule has 0 amide bonds. The number of hydrogen-bond donors (Lipinski definition) is 1. The molecule has 38 heavy (non-hydrogen) atoms. The van der Waals surface area contributed by atoms with Gasteiger partial charge in [0, 0.05) is 44.4 Å². The maximum absolute atomic E-state index is 13.6. The summed E-state index contributed by atoms with van der Waals surface area (Å²) in [6.45, 7) is 4.42. The lowest BCUT2D eigenvalue weighted by molar-refractivity contribution is 0.0982. The molecule has 9 heteroatoms. The first kappa shape index (κ1) is 24.8. The van der Waals surface area contributed by atoms with E-state index in [9.17, 15) is 4.79 Å². The van der Waals surface area contributed by atoms with Crippen molar-refractivity contribution in [3.63, 3.8) is 0 Å². The number of nitrogens with zero attached hydrogens (tertiary/aromatic N) is 6. The fraction of sp³-hybridized carbons (Fsp3) is 0.448. The van der Waals surface area contributed by atoms with E-state index in [1.807, 2.05) is 28.9 Å². The summed E-state index contributed by atoms with van der Waals surface area (Å²) in [6, 6.07) is 18.3. The normalized spacial score (nSPS) is 18.6. The summed E-state index contributed by atoms with van der Waals surface area (Å²) < 4.78 is 7.38. The van der Waals surface area contributed by atoms with Gasteiger partial charge < -0.3 is 9.72 Å². The molecule has 0 bridgehead atoms. The molecule has 1 N–H and O–H groups in total. The van der Waals surface area contributed by atoms with Gasteiger partial charge in [-0.05, 0) is 52.4 Å². The van der Waals surface area contributed by atoms with Crippen LogP contribution in [-0.4, -0.2) is 68.3 Å². The molecule has 1 saturated heterocycles. The van der Waals surface area contributed by atoms with Crippen LogP contribution in [-0.2, 0) is 6.54 Å². The van der Waals surface area contributed by atoms with E-state index in [2.05, 4.69) is 60.6 Å². The summed E-state index contributed by atoms with van der Waals surface area (Å²) in [5, 5.41) is 14.1. The van der Waals surface area contributed by atoms with Gasteiger partial charge in [0.15, 0.2) is 5.82 Å². The maximum atomic E-state index is 13.6. The molecular formula is C29H35N7O2. The average Bonchev–Trinajstić information content (AvgIpc) is 3.44. The van der Waals surface area contributed by atoms with Gasteiger partial charge in [-0.15, -0.1) is 5.10 Å². The third-order valence-corrected chi connectivity index (χ3v) is 8.08. The smallest absolute Gasteiger partial charge is 0.253 e. The Labute approximate surface area is 222 Å². The van der Waals surface area contributed by atoms with Gasteiger partial charge in [0.1, 0.15) is 11.8 Å². The molecule has 198 valence electrons. The van der Waals surface area contributed by atoms with Crippen molar-refractivity contribution >= 4 is 10.9 Å². The number of tetrazole rings is 1. The number of benzene rings is 2. The van der Waals surface area contributed by atoms with E-state index in [1.165, 1.54) is 24.8 Å². The van der Waals surface area contributed by atoms with E-state index in [0.29, 0.717) is 11.3 Å². The number of rotatable bonds is 7. The summed E-state index contributed by atoms with van der Waals surface area (Å²) in [7, 11) is 1.63. The predicted octanol–water partition coefficient (Wildman–Crippen LogP) is 3.94. The van der Waals surface area contributed by atoms with Gasteiger partial charge in [-0.25, -0.2) is 4.68 Å². The maximum Gasteiger partial charge on any atom is 0.253 e. The van der Waals surface area contributed by atoms with Gasteiger partial charge in [0.2, 0.25) is 0 Å². The van der Waals surface area contributed by atoms with Crippen molar-refractivity contribution in [2.45, 2.75) is 50.7 Å². The standard InChI is InChI=1S/C29H35N7O2/c1-38-24-13-12-22-18-25(29(37)30-26(22)19-24)27(28-31-32-33-36(28)23-10-6-3-7-11-23)35-16-14-34(15-17-35)20-21-8-4-2-5-9-21/h2,4-5,8-9,12-13,18-19,23,27H,3,6-7,10-11,14-17,20H2,1H3,(H,30,37)/t27-/m0/s1. The summed E-state index contributed by atoms with van der Waals surface area (Å²) in [6.07, 6.45) is 5.78. The fourth-order valence-corrected chi connectivity index (χ4v) is 6.01. The number of nitrogens with one attached hydrogen (secondary N) is 1. The topological polar surface area (TPSA) is 92.2 Å². The predicted molar refractivity (Wildman–Crippen MR) is 146 cm³/mol. The molecule has 2 aliphatic rings. The minimum Gasteiger partial charge on any atom is -0.497 e. The van der Waals surface area contributed by atoms with E-state index >= 15 is 0 Å². The van der Waals surface area contributed by atoms with Crippen LogP contribution < -0.4 is 10.3 Å². The second kappa shape index (κ2) is 11.0. The molecule has 3 heterocycles. The Hall–Kier alpha value is -3.56. The van der Waals surface area contributed by atoms with Crippen LogP contribution in [0.3, 0.4) is 0 Å². The monoisotopic (exact) mass is 513 g/mol. The molecule has 2 aromatic heterocycles. The molecule has 6 rings (SSSR count). The third-order valence-electron chi connectivity index (χ3n) is 8.08. The van der Waals surface area contributed by atoms with Crippen molar-refractivity contribution in [1.29, 1.82) is 0 Å². The van der Waals surface area contributed by atoms with Crippen LogP contribution in [0.5, 0.6) is 5.75 Å². The number of aromatic nitrogens is 5. The number of piperazine rings is 1. The van der Waals surface area contributed by atoms with Crippen molar-refractivity contribution in [3.05, 3.63) is 81.9 Å². The largest absolute Gasteiger partial charge is 0.497 e. The van der Waals surface area contributed by atoms with Gasteiger partial charge in [0.25, 0.3) is 5.56 Å². The van der Waals surface area contributed by atoms with Gasteiger partial charge >= 0.3 is 0 Å². The van der Waals surface area contributed by atoms with E-state index in [0.717, 1.165) is 62.3 Å². The Morgan fingerprint density at radius 3 is 2.55 bits per heavy atom. The second-order valence-electron chi connectivity index (χ2n) is 10.5. The molecule has 0 spiro atoms. The number of ether oxygens (including phenoxy) is 1. The second-order valence-corrected chi connectivity index (χ2v) is 10.5. The van der Waals surface area contributed by atoms with E-state index in [-0.39, 0.29) is 17.6 Å². The average molecular weight is 514 g/mol. The molecule has 4 aromatic rings. The lowest BCUT2D eigenvalue weighted by atomic mass is 9.95. The van der Waals surface area contributed by atoms with E-state index in [1.54, 1.807) is 7.11 Å². The van der Waals surface area contributed by atoms with Crippen LogP contribution in [0, 0.1) is 0 Å². The molecule has 2 aromatic carbocycles. The number of H-pyrrole nitrogens is 1. The van der Waals surface area contributed by atoms with Crippen LogP contribution >= 0.6 is 0 Å². The highest BCUT2D eigenvalue weighted by Crippen LogP contribution is 2.33. The SMILES string of the molecule is COc1ccc2cc([C@@H](c3nnnn3C3CCCCC3)N3CCN(Cc4ccccc4)CC3)c(=O)[nH]c2c1. The first-order chi connectivity index (χ1) is 18.7. The molecule has 1 aliphatic heterocycles. The zero-order chi connectivity index (χ0) is 25.9. The Bertz CT molecular complexity index is 1420. The van der Waals surface area contributed by atoms with Crippen molar-refractivity contribution in [2.75, 3.05) is 33.3 Å². The molecule has 1 aliphatic carbocycles. The first-order valence-electron chi connectivity index (χ1n) is 13.7. The van der Waals surface area contributed by atoms with Gasteiger partial charge in [-0.1, -0.05) is 49.6 Å². The van der Waals surface area contributed by atoms with Crippen molar-refractivity contribution in [3.8, 4) is 5.75 Å². The molecule has 2 fully saturated rings. The molecule has 1 saturated carbocycles. The minimum absolute atomic E-state index is 0.110. The zero-order valence-electron chi connectivity index (χ0n) is 21.9. The number of pyridine rings is 1. The Morgan fingerprint density at radius 1 is 1.00 bits per heavy atom. The fourth-order valence-electron chi connectivity index (χ4n) is 6.01. The van der Waals surface area contributed by atoms with Crippen molar-refractivity contribution < 1.29 is 4.74 Å². The molecule has 9 nitrogen and oxygen atoms in total. The summed E-state index contributed by atoms with van der Waals surface area (Å²) in [4.78, 5) is 21.6. The highest BCUT2D eigenvalue weighted by atomic mass is 16.5. The highest BCUT2D eigenvalue weighted by molar-refractivity contribution is 5.80. The van der Waals surface area contributed by atoms with Gasteiger partial charge in [0.05, 0.1) is 18.7 Å². The summed E-state index contributed by atoms with van der Waals surface area (Å²) in [5.74, 6) is 1.49. The molecule has 0 radical (unpaired) electrons. The van der Waals surface area contributed by atoms with Gasteiger partial charge in [-0.2, -0.15) is 0 Å².